The van der Waals surface area contributed by atoms with Crippen LogP contribution < -0.4 is 10.9 Å². The SMILES string of the molecule is C=C1CCC(n2c(C)nc3c(NC(C)C)cccc3c2=O)C(=O)C1. The van der Waals surface area contributed by atoms with E-state index in [0.717, 1.165) is 17.7 Å². The number of para-hydroxylation sites is 1. The zero-order valence-corrected chi connectivity index (χ0v) is 14.4. The van der Waals surface area contributed by atoms with Gasteiger partial charge in [-0.1, -0.05) is 18.2 Å². The number of carbonyl (C=O) groups excluding carboxylic acids is 1. The topological polar surface area (TPSA) is 64.0 Å². The highest BCUT2D eigenvalue weighted by Gasteiger charge is 2.28. The lowest BCUT2D eigenvalue weighted by Crippen LogP contribution is -2.34. The lowest BCUT2D eigenvalue weighted by Gasteiger charge is -2.26. The number of nitrogens with one attached hydrogen (secondary N) is 1. The van der Waals surface area contributed by atoms with Crippen LogP contribution in [0.5, 0.6) is 0 Å². The normalized spacial score (nSPS) is 18.4. The molecule has 0 saturated heterocycles. The predicted octanol–water partition coefficient (Wildman–Crippen LogP) is 3.38. The van der Waals surface area contributed by atoms with Crippen LogP contribution in [0.3, 0.4) is 0 Å². The van der Waals surface area contributed by atoms with Crippen LogP contribution in [-0.2, 0) is 4.79 Å². The first kappa shape index (κ1) is 16.4. The van der Waals surface area contributed by atoms with Crippen molar-refractivity contribution in [2.24, 2.45) is 0 Å². The van der Waals surface area contributed by atoms with Crippen molar-refractivity contribution < 1.29 is 4.79 Å². The minimum Gasteiger partial charge on any atom is -0.381 e. The largest absolute Gasteiger partial charge is 0.381 e. The van der Waals surface area contributed by atoms with Crippen LogP contribution in [-0.4, -0.2) is 21.4 Å². The van der Waals surface area contributed by atoms with Crippen molar-refractivity contribution in [3.63, 3.8) is 0 Å². The zero-order valence-electron chi connectivity index (χ0n) is 14.4. The van der Waals surface area contributed by atoms with Gasteiger partial charge in [-0.15, -0.1) is 0 Å². The molecule has 3 rings (SSSR count). The molecule has 1 unspecified atom stereocenters. The molecule has 1 atom stereocenters. The molecule has 24 heavy (non-hydrogen) atoms. The molecule has 0 aliphatic heterocycles. The van der Waals surface area contributed by atoms with E-state index in [1.165, 1.54) is 0 Å². The van der Waals surface area contributed by atoms with Crippen LogP contribution in [0.25, 0.3) is 10.9 Å². The van der Waals surface area contributed by atoms with Crippen molar-refractivity contribution in [3.8, 4) is 0 Å². The maximum Gasteiger partial charge on any atom is 0.262 e. The molecule has 0 amide bonds. The number of benzene rings is 1. The molecule has 1 aliphatic rings. The molecule has 5 nitrogen and oxygen atoms in total. The van der Waals surface area contributed by atoms with Crippen molar-refractivity contribution >= 4 is 22.4 Å². The highest BCUT2D eigenvalue weighted by atomic mass is 16.1. The summed E-state index contributed by atoms with van der Waals surface area (Å²) < 4.78 is 1.57. The molecule has 0 bridgehead atoms. The number of nitrogens with zero attached hydrogens (tertiary/aromatic N) is 2. The first-order valence-corrected chi connectivity index (χ1v) is 8.36. The molecular formula is C19H23N3O2. The molecule has 126 valence electrons. The summed E-state index contributed by atoms with van der Waals surface area (Å²) in [6.45, 7) is 9.77. The van der Waals surface area contributed by atoms with Gasteiger partial charge in [-0.3, -0.25) is 14.2 Å². The van der Waals surface area contributed by atoms with Crippen LogP contribution in [0.2, 0.25) is 0 Å². The minimum absolute atomic E-state index is 0.0501. The molecule has 1 aromatic carbocycles. The Morgan fingerprint density at radius 2 is 2.08 bits per heavy atom. The molecule has 1 saturated carbocycles. The van der Waals surface area contributed by atoms with Gasteiger partial charge in [0.25, 0.3) is 5.56 Å². The van der Waals surface area contributed by atoms with Gasteiger partial charge in [0, 0.05) is 12.5 Å². The zero-order chi connectivity index (χ0) is 17.4. The standard InChI is InChI=1S/C19H23N3O2/c1-11(2)20-15-7-5-6-14-18(15)21-13(4)22(19(14)24)16-9-8-12(3)10-17(16)23/h5-7,11,16,20H,3,8-10H2,1-2,4H3. The second-order valence-corrected chi connectivity index (χ2v) is 6.78. The Hall–Kier alpha value is -2.43. The summed E-state index contributed by atoms with van der Waals surface area (Å²) in [6, 6.07) is 5.36. The van der Waals surface area contributed by atoms with Gasteiger partial charge >= 0.3 is 0 Å². The quantitative estimate of drug-likeness (QED) is 0.879. The first-order chi connectivity index (χ1) is 11.4. The second-order valence-electron chi connectivity index (χ2n) is 6.78. The van der Waals surface area contributed by atoms with E-state index in [9.17, 15) is 9.59 Å². The molecule has 1 heterocycles. The van der Waals surface area contributed by atoms with Gasteiger partial charge in [0.2, 0.25) is 0 Å². The number of anilines is 1. The van der Waals surface area contributed by atoms with E-state index in [2.05, 4.69) is 16.9 Å². The number of aryl methyl sites for hydroxylation is 1. The maximum absolute atomic E-state index is 13.0. The Kier molecular flexibility index (Phi) is 4.26. The third kappa shape index (κ3) is 2.86. The van der Waals surface area contributed by atoms with Gasteiger partial charge in [-0.25, -0.2) is 4.98 Å². The highest BCUT2D eigenvalue weighted by molar-refractivity contribution is 5.91. The third-order valence-electron chi connectivity index (χ3n) is 4.43. The smallest absolute Gasteiger partial charge is 0.262 e. The fraction of sp³-hybridized carbons (Fsp3) is 0.421. The van der Waals surface area contributed by atoms with E-state index >= 15 is 0 Å². The summed E-state index contributed by atoms with van der Waals surface area (Å²) in [5, 5.41) is 3.87. The number of aromatic nitrogens is 2. The number of fused-ring (bicyclic) bond motifs is 1. The Balaban J connectivity index is 2.16. The molecule has 2 aromatic rings. The maximum atomic E-state index is 13.0. The predicted molar refractivity (Wildman–Crippen MR) is 96.5 cm³/mol. The summed E-state index contributed by atoms with van der Waals surface area (Å²) in [5.74, 6) is 0.630. The lowest BCUT2D eigenvalue weighted by atomic mass is 9.90. The Morgan fingerprint density at radius 3 is 2.75 bits per heavy atom. The average Bonchev–Trinajstić information content (AvgIpc) is 2.49. The van der Waals surface area contributed by atoms with Gasteiger partial charge in [-0.2, -0.15) is 0 Å². The van der Waals surface area contributed by atoms with Crippen molar-refractivity contribution in [1.29, 1.82) is 0 Å². The summed E-state index contributed by atoms with van der Waals surface area (Å²) in [5.41, 5.74) is 2.31. The second kappa shape index (κ2) is 6.23. The summed E-state index contributed by atoms with van der Waals surface area (Å²) in [6.07, 6.45) is 1.74. The van der Waals surface area contributed by atoms with E-state index in [1.807, 2.05) is 26.0 Å². The van der Waals surface area contributed by atoms with E-state index in [1.54, 1.807) is 17.6 Å². The molecule has 5 heteroatoms. The van der Waals surface area contributed by atoms with Crippen molar-refractivity contribution in [2.75, 3.05) is 5.32 Å². The van der Waals surface area contributed by atoms with Crippen LogP contribution >= 0.6 is 0 Å². The van der Waals surface area contributed by atoms with Gasteiger partial charge in [-0.05, 0) is 45.7 Å². The van der Waals surface area contributed by atoms with Crippen LogP contribution in [0.4, 0.5) is 5.69 Å². The first-order valence-electron chi connectivity index (χ1n) is 8.36. The number of carbonyl (C=O) groups is 1. The molecule has 1 aliphatic carbocycles. The Morgan fingerprint density at radius 1 is 1.33 bits per heavy atom. The summed E-state index contributed by atoms with van der Waals surface area (Å²) in [4.78, 5) is 30.1. The van der Waals surface area contributed by atoms with Crippen molar-refractivity contribution in [3.05, 3.63) is 46.5 Å². The lowest BCUT2D eigenvalue weighted by molar-refractivity contribution is -0.122. The third-order valence-corrected chi connectivity index (χ3v) is 4.43. The van der Waals surface area contributed by atoms with Crippen LogP contribution in [0, 0.1) is 6.92 Å². The van der Waals surface area contributed by atoms with Crippen LogP contribution in [0.15, 0.2) is 35.1 Å². The summed E-state index contributed by atoms with van der Waals surface area (Å²) in [7, 11) is 0. The van der Waals surface area contributed by atoms with E-state index in [4.69, 9.17) is 0 Å². The van der Waals surface area contributed by atoms with E-state index in [0.29, 0.717) is 29.6 Å². The molecular weight excluding hydrogens is 302 g/mol. The number of hydrogen-bond donors (Lipinski definition) is 1. The number of ketones is 1. The number of Topliss-reactive ketones (excluding diaryl/α,β-unsaturated/α-hetero) is 1. The minimum atomic E-state index is -0.429. The van der Waals surface area contributed by atoms with Crippen LogP contribution in [0.1, 0.15) is 45.0 Å². The fourth-order valence-corrected chi connectivity index (χ4v) is 3.35. The summed E-state index contributed by atoms with van der Waals surface area (Å²) >= 11 is 0. The molecule has 1 fully saturated rings. The Labute approximate surface area is 141 Å². The number of rotatable bonds is 3. The van der Waals surface area contributed by atoms with Gasteiger partial charge in [0.15, 0.2) is 5.78 Å². The van der Waals surface area contributed by atoms with Gasteiger partial charge in [0.1, 0.15) is 11.3 Å². The van der Waals surface area contributed by atoms with Gasteiger partial charge < -0.3 is 5.32 Å². The van der Waals surface area contributed by atoms with Crippen molar-refractivity contribution in [2.45, 2.75) is 52.1 Å². The fourth-order valence-electron chi connectivity index (χ4n) is 3.35. The van der Waals surface area contributed by atoms with E-state index < -0.39 is 6.04 Å². The molecule has 1 N–H and O–H groups in total. The Bertz CT molecular complexity index is 880. The number of hydrogen-bond acceptors (Lipinski definition) is 4. The highest BCUT2D eigenvalue weighted by Crippen LogP contribution is 2.29. The molecule has 1 aromatic heterocycles. The van der Waals surface area contributed by atoms with Crippen molar-refractivity contribution in [1.82, 2.24) is 9.55 Å². The molecule has 0 spiro atoms. The van der Waals surface area contributed by atoms with E-state index in [-0.39, 0.29) is 17.4 Å². The van der Waals surface area contributed by atoms with Gasteiger partial charge in [0.05, 0.1) is 17.1 Å². The average molecular weight is 325 g/mol. The monoisotopic (exact) mass is 325 g/mol. The molecule has 0 radical (unpaired) electrons. The number of allylic oxidation sites excluding steroid dienone is 1.